The summed E-state index contributed by atoms with van der Waals surface area (Å²) in [5.74, 6) is -0.152. The standard InChI is InChI=1S/C16H24N6O4/c1-5-16(7-8-18-21-17)10(2)13(25-4)14(26-16)22-9-6-12(19-11(3)23)20-15(22)24/h6,9-10,13-14H,5,7-8H2,1-4H3,(H,19,20,23,24)/t10-,13?,14-,16+/m1/s1. The highest BCUT2D eigenvalue weighted by atomic mass is 16.6. The fraction of sp³-hybridized carbons (Fsp3) is 0.688. The van der Waals surface area contributed by atoms with Gasteiger partial charge in [0.2, 0.25) is 5.91 Å². The number of hydrogen-bond donors (Lipinski definition) is 1. The first-order valence-corrected chi connectivity index (χ1v) is 8.46. The average molecular weight is 364 g/mol. The third-order valence-electron chi connectivity index (χ3n) is 4.94. The van der Waals surface area contributed by atoms with Gasteiger partial charge in [-0.3, -0.25) is 9.36 Å². The first-order valence-electron chi connectivity index (χ1n) is 8.46. The summed E-state index contributed by atoms with van der Waals surface area (Å²) in [4.78, 5) is 30.2. The van der Waals surface area contributed by atoms with E-state index in [1.807, 2.05) is 13.8 Å². The van der Waals surface area contributed by atoms with Crippen LogP contribution in [0, 0.1) is 5.92 Å². The molecule has 1 aromatic heterocycles. The Hall–Kier alpha value is -2.42. The number of methoxy groups -OCH3 is 1. The van der Waals surface area contributed by atoms with Gasteiger partial charge in [0, 0.05) is 37.6 Å². The minimum absolute atomic E-state index is 0.0293. The Morgan fingerprint density at radius 2 is 2.35 bits per heavy atom. The van der Waals surface area contributed by atoms with E-state index >= 15 is 0 Å². The van der Waals surface area contributed by atoms with Crippen molar-refractivity contribution in [3.8, 4) is 0 Å². The van der Waals surface area contributed by atoms with Crippen molar-refractivity contribution in [3.05, 3.63) is 33.2 Å². The molecule has 1 aliphatic heterocycles. The lowest BCUT2D eigenvalue weighted by Gasteiger charge is -2.31. The molecule has 0 aliphatic carbocycles. The molecule has 0 bridgehead atoms. The summed E-state index contributed by atoms with van der Waals surface area (Å²) < 4.78 is 13.3. The molecule has 2 heterocycles. The molecule has 1 fully saturated rings. The van der Waals surface area contributed by atoms with Crippen molar-refractivity contribution in [1.82, 2.24) is 9.55 Å². The van der Waals surface area contributed by atoms with E-state index in [2.05, 4.69) is 20.3 Å². The third kappa shape index (κ3) is 3.87. The molecule has 26 heavy (non-hydrogen) atoms. The van der Waals surface area contributed by atoms with E-state index in [4.69, 9.17) is 15.0 Å². The fourth-order valence-electron chi connectivity index (χ4n) is 3.51. The monoisotopic (exact) mass is 364 g/mol. The Morgan fingerprint density at radius 3 is 2.88 bits per heavy atom. The highest BCUT2D eigenvalue weighted by molar-refractivity contribution is 5.87. The van der Waals surface area contributed by atoms with Crippen LogP contribution in [-0.4, -0.2) is 40.8 Å². The van der Waals surface area contributed by atoms with Crippen molar-refractivity contribution >= 4 is 11.7 Å². The topological polar surface area (TPSA) is 131 Å². The third-order valence-corrected chi connectivity index (χ3v) is 4.94. The van der Waals surface area contributed by atoms with Crippen LogP contribution in [0.15, 0.2) is 22.2 Å². The Bertz CT molecular complexity index is 759. The molecule has 1 aromatic rings. The molecule has 10 nitrogen and oxygen atoms in total. The number of carbonyl (C=O) groups excluding carboxylic acids is 1. The van der Waals surface area contributed by atoms with Gasteiger partial charge in [0.25, 0.3) is 0 Å². The molecular weight excluding hydrogens is 340 g/mol. The largest absolute Gasteiger partial charge is 0.376 e. The number of azide groups is 1. The van der Waals surface area contributed by atoms with E-state index in [0.29, 0.717) is 19.4 Å². The molecule has 2 rings (SSSR count). The number of carbonyl (C=O) groups is 1. The molecule has 1 N–H and O–H groups in total. The second kappa shape index (κ2) is 8.31. The van der Waals surface area contributed by atoms with Gasteiger partial charge in [-0.05, 0) is 24.4 Å². The van der Waals surface area contributed by atoms with Crippen LogP contribution in [0.5, 0.6) is 0 Å². The maximum Gasteiger partial charge on any atom is 0.351 e. The molecule has 1 saturated heterocycles. The van der Waals surface area contributed by atoms with E-state index in [9.17, 15) is 9.59 Å². The van der Waals surface area contributed by atoms with E-state index in [0.717, 1.165) is 0 Å². The van der Waals surface area contributed by atoms with Crippen LogP contribution >= 0.6 is 0 Å². The normalized spacial score (nSPS) is 27.8. The zero-order valence-electron chi connectivity index (χ0n) is 15.4. The Balaban J connectivity index is 2.34. The number of nitrogens with one attached hydrogen (secondary N) is 1. The number of nitrogens with zero attached hydrogens (tertiary/aromatic N) is 5. The zero-order valence-corrected chi connectivity index (χ0v) is 15.4. The molecule has 10 heteroatoms. The highest BCUT2D eigenvalue weighted by Crippen LogP contribution is 2.46. The first-order chi connectivity index (χ1) is 12.4. The summed E-state index contributed by atoms with van der Waals surface area (Å²) in [7, 11) is 1.57. The van der Waals surface area contributed by atoms with Gasteiger partial charge in [-0.25, -0.2) is 4.79 Å². The summed E-state index contributed by atoms with van der Waals surface area (Å²) in [5.41, 5.74) is 7.41. The lowest BCUT2D eigenvalue weighted by atomic mass is 9.82. The van der Waals surface area contributed by atoms with Gasteiger partial charge in [0.1, 0.15) is 11.9 Å². The molecule has 0 radical (unpaired) electrons. The Labute approximate surface area is 151 Å². The smallest absolute Gasteiger partial charge is 0.351 e. The summed E-state index contributed by atoms with van der Waals surface area (Å²) in [6.07, 6.45) is 1.71. The van der Waals surface area contributed by atoms with E-state index in [1.54, 1.807) is 7.11 Å². The molecule has 142 valence electrons. The lowest BCUT2D eigenvalue weighted by Crippen LogP contribution is -2.37. The zero-order chi connectivity index (χ0) is 19.3. The average Bonchev–Trinajstić information content (AvgIpc) is 2.87. The quantitative estimate of drug-likeness (QED) is 0.450. The van der Waals surface area contributed by atoms with Crippen molar-refractivity contribution in [2.45, 2.75) is 51.5 Å². The van der Waals surface area contributed by atoms with Crippen molar-refractivity contribution in [2.24, 2.45) is 11.0 Å². The predicted molar refractivity (Wildman–Crippen MR) is 94.5 cm³/mol. The van der Waals surface area contributed by atoms with Crippen LogP contribution in [0.3, 0.4) is 0 Å². The molecule has 1 unspecified atom stereocenters. The van der Waals surface area contributed by atoms with E-state index in [1.165, 1.54) is 23.8 Å². The van der Waals surface area contributed by atoms with Crippen molar-refractivity contribution in [3.63, 3.8) is 0 Å². The van der Waals surface area contributed by atoms with Crippen molar-refractivity contribution in [1.29, 1.82) is 0 Å². The van der Waals surface area contributed by atoms with Crippen LogP contribution in [-0.2, 0) is 14.3 Å². The molecule has 1 amide bonds. The molecule has 0 aromatic carbocycles. The molecular formula is C16H24N6O4. The SMILES string of the molecule is CC[C@@]1(CCN=[N+]=[N-])O[C@@H](n2ccc(NC(C)=O)nc2=O)C(OC)[C@H]1C. The van der Waals surface area contributed by atoms with Gasteiger partial charge in [0.15, 0.2) is 6.23 Å². The van der Waals surface area contributed by atoms with Gasteiger partial charge in [-0.1, -0.05) is 19.0 Å². The number of rotatable bonds is 7. The second-order valence-electron chi connectivity index (χ2n) is 6.30. The summed E-state index contributed by atoms with van der Waals surface area (Å²) in [6, 6.07) is 1.54. The number of anilines is 1. The van der Waals surface area contributed by atoms with E-state index in [-0.39, 0.29) is 23.7 Å². The molecule has 1 aliphatic rings. The van der Waals surface area contributed by atoms with Crippen molar-refractivity contribution in [2.75, 3.05) is 19.0 Å². The van der Waals surface area contributed by atoms with Crippen molar-refractivity contribution < 1.29 is 14.3 Å². The van der Waals surface area contributed by atoms with Gasteiger partial charge in [-0.2, -0.15) is 4.98 Å². The minimum atomic E-state index is -0.660. The summed E-state index contributed by atoms with van der Waals surface area (Å²) in [6.45, 7) is 5.63. The van der Waals surface area contributed by atoms with Crippen LogP contribution in [0.25, 0.3) is 10.4 Å². The lowest BCUT2D eigenvalue weighted by molar-refractivity contribution is -0.114. The molecule has 4 atom stereocenters. The Kier molecular flexibility index (Phi) is 6.36. The van der Waals surface area contributed by atoms with Crippen LogP contribution in [0.2, 0.25) is 0 Å². The van der Waals surface area contributed by atoms with Crippen LogP contribution < -0.4 is 11.0 Å². The van der Waals surface area contributed by atoms with E-state index < -0.39 is 17.5 Å². The maximum atomic E-state index is 12.4. The summed E-state index contributed by atoms with van der Waals surface area (Å²) >= 11 is 0. The predicted octanol–water partition coefficient (Wildman–Crippen LogP) is 2.23. The van der Waals surface area contributed by atoms with Gasteiger partial charge in [0.05, 0.1) is 5.60 Å². The van der Waals surface area contributed by atoms with Gasteiger partial charge < -0.3 is 14.8 Å². The number of ether oxygens (including phenoxy) is 2. The maximum absolute atomic E-state index is 12.4. The van der Waals surface area contributed by atoms with Crippen LogP contribution in [0.1, 0.15) is 39.8 Å². The minimum Gasteiger partial charge on any atom is -0.376 e. The molecule has 0 saturated carbocycles. The number of aromatic nitrogens is 2. The first kappa shape index (κ1) is 19.9. The van der Waals surface area contributed by atoms with Crippen LogP contribution in [0.4, 0.5) is 5.82 Å². The summed E-state index contributed by atoms with van der Waals surface area (Å²) in [5, 5.41) is 6.08. The number of hydrogen-bond acceptors (Lipinski definition) is 6. The Morgan fingerprint density at radius 1 is 1.62 bits per heavy atom. The van der Waals surface area contributed by atoms with Gasteiger partial charge in [-0.15, -0.1) is 0 Å². The van der Waals surface area contributed by atoms with Gasteiger partial charge >= 0.3 is 5.69 Å². The number of amides is 1. The highest BCUT2D eigenvalue weighted by Gasteiger charge is 2.52. The second-order valence-corrected chi connectivity index (χ2v) is 6.30. The fourth-order valence-corrected chi connectivity index (χ4v) is 3.51. The molecule has 0 spiro atoms.